The number of nitrogens with zero attached hydrogens (tertiary/aromatic N) is 1. The fourth-order valence-electron chi connectivity index (χ4n) is 3.81. The molecule has 0 aromatic carbocycles. The van der Waals surface area contributed by atoms with Gasteiger partial charge in [-0.3, -0.25) is 9.69 Å². The van der Waals surface area contributed by atoms with Crippen molar-refractivity contribution in [2.24, 2.45) is 0 Å². The summed E-state index contributed by atoms with van der Waals surface area (Å²) in [6.07, 6.45) is 5.41. The molecular weight excluding hydrogens is 354 g/mol. The van der Waals surface area contributed by atoms with Crippen molar-refractivity contribution in [1.82, 2.24) is 15.5 Å². The van der Waals surface area contributed by atoms with E-state index in [1.54, 1.807) is 0 Å². The van der Waals surface area contributed by atoms with Crippen LogP contribution in [0.3, 0.4) is 0 Å². The van der Waals surface area contributed by atoms with Crippen molar-refractivity contribution < 1.29 is 19.1 Å². The van der Waals surface area contributed by atoms with Crippen LogP contribution in [0.5, 0.6) is 0 Å². The number of esters is 1. The molecule has 0 radical (unpaired) electrons. The number of amides is 3. The Labute approximate surface area is 155 Å². The number of urea groups is 1. The second-order valence-electron chi connectivity index (χ2n) is 6.82. The molecule has 3 heterocycles. The molecule has 138 valence electrons. The molecule has 0 unspecified atom stereocenters. The summed E-state index contributed by atoms with van der Waals surface area (Å²) in [7, 11) is 0. The number of cyclic esters (lactones) is 1. The van der Waals surface area contributed by atoms with Gasteiger partial charge in [0.15, 0.2) is 0 Å². The first kappa shape index (κ1) is 17.1. The Bertz CT molecular complexity index is 752. The second-order valence-corrected chi connectivity index (χ2v) is 7.80. The van der Waals surface area contributed by atoms with E-state index >= 15 is 0 Å². The van der Waals surface area contributed by atoms with Crippen molar-refractivity contribution in [2.75, 3.05) is 13.2 Å². The lowest BCUT2D eigenvalue weighted by Gasteiger charge is -2.32. The average molecular weight is 375 g/mol. The van der Waals surface area contributed by atoms with Gasteiger partial charge in [0.2, 0.25) is 5.91 Å². The van der Waals surface area contributed by atoms with Crippen molar-refractivity contribution in [2.45, 2.75) is 44.2 Å². The Morgan fingerprint density at radius 1 is 1.31 bits per heavy atom. The van der Waals surface area contributed by atoms with Gasteiger partial charge in [0.25, 0.3) is 0 Å². The van der Waals surface area contributed by atoms with E-state index in [-0.39, 0.29) is 31.1 Å². The molecule has 1 aliphatic carbocycles. The minimum atomic E-state index is -0.509. The predicted molar refractivity (Wildman–Crippen MR) is 95.3 cm³/mol. The number of nitrogens with one attached hydrogen (secondary N) is 2. The standard InChI is InChI=1S/C18H21N3O4S/c22-14(19-11-5-2-1-3-6-11)9-21-12-10-25-17(23)15(12)16(20-18(21)24)13-7-4-8-26-13/h4,7-8,11,16H,1-3,5-6,9-10H2,(H,19,22)(H,20,24)/t16-/m0/s1. The SMILES string of the molecule is O=C(CN1C(=O)N[C@@H](c2cccs2)C2=C1COC2=O)NC1CCCCC1. The molecule has 3 aliphatic rings. The predicted octanol–water partition coefficient (Wildman–Crippen LogP) is 2.07. The summed E-state index contributed by atoms with van der Waals surface area (Å²) in [6, 6.07) is 3.04. The molecule has 1 aromatic heterocycles. The molecule has 1 aromatic rings. The van der Waals surface area contributed by atoms with E-state index in [1.807, 2.05) is 17.5 Å². The van der Waals surface area contributed by atoms with Crippen LogP contribution in [0.15, 0.2) is 28.8 Å². The van der Waals surface area contributed by atoms with Crippen molar-refractivity contribution in [3.05, 3.63) is 33.7 Å². The van der Waals surface area contributed by atoms with Gasteiger partial charge in [0.1, 0.15) is 13.2 Å². The molecule has 2 aliphatic heterocycles. The quantitative estimate of drug-likeness (QED) is 0.789. The third-order valence-electron chi connectivity index (χ3n) is 5.10. The van der Waals surface area contributed by atoms with Gasteiger partial charge in [-0.2, -0.15) is 0 Å². The molecule has 1 saturated carbocycles. The molecule has 4 rings (SSSR count). The molecule has 1 fully saturated rings. The van der Waals surface area contributed by atoms with Gasteiger partial charge in [-0.1, -0.05) is 25.3 Å². The highest BCUT2D eigenvalue weighted by Gasteiger charge is 2.43. The van der Waals surface area contributed by atoms with Crippen LogP contribution < -0.4 is 10.6 Å². The maximum absolute atomic E-state index is 12.6. The van der Waals surface area contributed by atoms with E-state index in [0.29, 0.717) is 11.3 Å². The van der Waals surface area contributed by atoms with Crippen LogP contribution in [0.1, 0.15) is 43.0 Å². The van der Waals surface area contributed by atoms with E-state index in [4.69, 9.17) is 4.74 Å². The van der Waals surface area contributed by atoms with Crippen molar-refractivity contribution >= 4 is 29.2 Å². The van der Waals surface area contributed by atoms with Gasteiger partial charge in [-0.25, -0.2) is 9.59 Å². The normalized spacial score (nSPS) is 23.5. The lowest BCUT2D eigenvalue weighted by molar-refractivity contribution is -0.136. The average Bonchev–Trinajstić information content (AvgIpc) is 3.28. The molecule has 26 heavy (non-hydrogen) atoms. The molecule has 1 atom stereocenters. The summed E-state index contributed by atoms with van der Waals surface area (Å²) in [4.78, 5) is 39.5. The third-order valence-corrected chi connectivity index (χ3v) is 6.04. The number of ether oxygens (including phenoxy) is 1. The molecule has 2 N–H and O–H groups in total. The summed E-state index contributed by atoms with van der Waals surface area (Å²) < 4.78 is 5.16. The molecule has 7 nitrogen and oxygen atoms in total. The Balaban J connectivity index is 1.52. The first-order valence-corrected chi connectivity index (χ1v) is 9.82. The largest absolute Gasteiger partial charge is 0.456 e. The van der Waals surface area contributed by atoms with E-state index in [9.17, 15) is 14.4 Å². The van der Waals surface area contributed by atoms with Crippen LogP contribution >= 0.6 is 11.3 Å². The van der Waals surface area contributed by atoms with Crippen molar-refractivity contribution in [3.8, 4) is 0 Å². The number of hydrogen-bond donors (Lipinski definition) is 2. The minimum Gasteiger partial charge on any atom is -0.456 e. The lowest BCUT2D eigenvalue weighted by atomic mass is 9.95. The number of thiophene rings is 1. The highest BCUT2D eigenvalue weighted by atomic mass is 32.1. The van der Waals surface area contributed by atoms with Crippen molar-refractivity contribution in [1.29, 1.82) is 0 Å². The molecule has 3 amide bonds. The van der Waals surface area contributed by atoms with Crippen LogP contribution in [0.4, 0.5) is 4.79 Å². The summed E-state index contributed by atoms with van der Waals surface area (Å²) in [6.45, 7) is -0.0743. The van der Waals surface area contributed by atoms with Gasteiger partial charge >= 0.3 is 12.0 Å². The highest BCUT2D eigenvalue weighted by Crippen LogP contribution is 2.36. The molecular formula is C18H21N3O4S. The molecule has 8 heteroatoms. The van der Waals surface area contributed by atoms with E-state index < -0.39 is 12.0 Å². The van der Waals surface area contributed by atoms with E-state index in [1.165, 1.54) is 22.7 Å². The van der Waals surface area contributed by atoms with Gasteiger partial charge < -0.3 is 15.4 Å². The lowest BCUT2D eigenvalue weighted by Crippen LogP contribution is -2.51. The first-order valence-electron chi connectivity index (χ1n) is 8.94. The summed E-state index contributed by atoms with van der Waals surface area (Å²) in [5.74, 6) is -0.635. The van der Waals surface area contributed by atoms with Gasteiger partial charge in [0, 0.05) is 10.9 Å². The minimum absolute atomic E-state index is 0.0279. The number of carbonyl (C=O) groups is 3. The maximum atomic E-state index is 12.6. The van der Waals surface area contributed by atoms with Crippen LogP contribution in [-0.4, -0.2) is 42.0 Å². The van der Waals surface area contributed by atoms with E-state index in [2.05, 4.69) is 10.6 Å². The fourth-order valence-corrected chi connectivity index (χ4v) is 4.60. The highest BCUT2D eigenvalue weighted by molar-refractivity contribution is 7.10. The zero-order chi connectivity index (χ0) is 18.1. The zero-order valence-electron chi connectivity index (χ0n) is 14.3. The summed E-state index contributed by atoms with van der Waals surface area (Å²) in [5, 5.41) is 7.74. The van der Waals surface area contributed by atoms with Crippen LogP contribution in [-0.2, 0) is 14.3 Å². The smallest absolute Gasteiger partial charge is 0.338 e. The number of carbonyl (C=O) groups excluding carboxylic acids is 3. The van der Waals surface area contributed by atoms with Gasteiger partial charge in [-0.15, -0.1) is 11.3 Å². The van der Waals surface area contributed by atoms with Gasteiger partial charge in [0.05, 0.1) is 17.3 Å². The van der Waals surface area contributed by atoms with Crippen LogP contribution in [0.2, 0.25) is 0 Å². The second kappa shape index (κ2) is 7.11. The monoisotopic (exact) mass is 375 g/mol. The maximum Gasteiger partial charge on any atom is 0.338 e. The Morgan fingerprint density at radius 2 is 2.12 bits per heavy atom. The van der Waals surface area contributed by atoms with Crippen LogP contribution in [0.25, 0.3) is 0 Å². The molecule has 0 spiro atoms. The fraction of sp³-hybridized carbons (Fsp3) is 0.500. The number of rotatable bonds is 4. The summed E-state index contributed by atoms with van der Waals surface area (Å²) >= 11 is 1.47. The van der Waals surface area contributed by atoms with E-state index in [0.717, 1.165) is 30.6 Å². The third kappa shape index (κ3) is 3.21. The Morgan fingerprint density at radius 3 is 2.85 bits per heavy atom. The Kier molecular flexibility index (Phi) is 4.67. The number of hydrogen-bond acceptors (Lipinski definition) is 5. The molecule has 0 bridgehead atoms. The topological polar surface area (TPSA) is 87.7 Å². The molecule has 0 saturated heterocycles. The summed E-state index contributed by atoms with van der Waals surface area (Å²) in [5.41, 5.74) is 0.925. The first-order chi connectivity index (χ1) is 12.6. The zero-order valence-corrected chi connectivity index (χ0v) is 15.1. The van der Waals surface area contributed by atoms with Crippen molar-refractivity contribution in [3.63, 3.8) is 0 Å². The van der Waals surface area contributed by atoms with Gasteiger partial charge in [-0.05, 0) is 24.3 Å². The Hall–Kier alpha value is -2.35. The van der Waals surface area contributed by atoms with Crippen LogP contribution in [0, 0.1) is 0 Å².